The average molecular weight is 294 g/mol. The van der Waals surface area contributed by atoms with E-state index in [-0.39, 0.29) is 24.2 Å². The van der Waals surface area contributed by atoms with Gasteiger partial charge in [-0.15, -0.1) is 6.42 Å². The summed E-state index contributed by atoms with van der Waals surface area (Å²) < 4.78 is 6.99. The highest BCUT2D eigenvalue weighted by Gasteiger charge is 2.21. The smallest absolute Gasteiger partial charge is 0.251 e. The first-order valence-corrected chi connectivity index (χ1v) is 6.76. The number of nitrogens with two attached hydrogens (primary N) is 1. The third kappa shape index (κ3) is 2.56. The molecule has 0 spiro atoms. The summed E-state index contributed by atoms with van der Waals surface area (Å²) in [5, 5.41) is 0. The van der Waals surface area contributed by atoms with Crippen molar-refractivity contribution in [2.45, 2.75) is 19.1 Å². The van der Waals surface area contributed by atoms with Crippen molar-refractivity contribution in [3.63, 3.8) is 0 Å². The number of hydrogen-bond donors (Lipinski definition) is 1. The minimum atomic E-state index is -0.201. The van der Waals surface area contributed by atoms with Crippen LogP contribution in [0.2, 0.25) is 0 Å². The molecular formula is C16H14N4O2. The van der Waals surface area contributed by atoms with E-state index in [1.54, 1.807) is 24.7 Å². The molecule has 2 N–H and O–H groups in total. The van der Waals surface area contributed by atoms with Crippen molar-refractivity contribution in [1.82, 2.24) is 14.5 Å². The quantitative estimate of drug-likeness (QED) is 0.867. The topological polar surface area (TPSA) is 83.0 Å². The second-order valence-corrected chi connectivity index (χ2v) is 4.85. The average Bonchev–Trinajstić information content (AvgIpc) is 3.04. The molecule has 0 fully saturated rings. The van der Waals surface area contributed by atoms with Gasteiger partial charge in [-0.05, 0) is 12.1 Å². The van der Waals surface area contributed by atoms with Crippen LogP contribution in [0, 0.1) is 12.3 Å². The first-order valence-electron chi connectivity index (χ1n) is 6.76. The van der Waals surface area contributed by atoms with Crippen LogP contribution in [0.5, 0.6) is 0 Å². The van der Waals surface area contributed by atoms with Crippen LogP contribution in [0.3, 0.4) is 0 Å². The Kier molecular flexibility index (Phi) is 3.62. The molecule has 1 aliphatic heterocycles. The second kappa shape index (κ2) is 5.74. The Labute approximate surface area is 127 Å². The van der Waals surface area contributed by atoms with Crippen molar-refractivity contribution in [2.24, 2.45) is 0 Å². The minimum absolute atomic E-state index is 0.154. The zero-order valence-corrected chi connectivity index (χ0v) is 11.8. The van der Waals surface area contributed by atoms with Crippen LogP contribution in [0.4, 0.5) is 5.95 Å². The fourth-order valence-corrected chi connectivity index (χ4v) is 2.35. The normalized spacial score (nSPS) is 16.2. The van der Waals surface area contributed by atoms with E-state index in [2.05, 4.69) is 15.9 Å². The van der Waals surface area contributed by atoms with E-state index in [0.717, 1.165) is 11.1 Å². The Hall–Kier alpha value is -3.07. The molecule has 6 nitrogen and oxygen atoms in total. The fourth-order valence-electron chi connectivity index (χ4n) is 2.35. The van der Waals surface area contributed by atoms with E-state index in [9.17, 15) is 4.79 Å². The van der Waals surface area contributed by atoms with Gasteiger partial charge in [0, 0.05) is 36.0 Å². The van der Waals surface area contributed by atoms with Gasteiger partial charge >= 0.3 is 0 Å². The molecule has 0 amide bonds. The highest BCUT2D eigenvalue weighted by molar-refractivity contribution is 5.65. The summed E-state index contributed by atoms with van der Waals surface area (Å²) in [5.74, 6) is 2.65. The van der Waals surface area contributed by atoms with E-state index in [0.29, 0.717) is 12.1 Å². The lowest BCUT2D eigenvalue weighted by Gasteiger charge is -2.15. The second-order valence-electron chi connectivity index (χ2n) is 4.85. The number of terminal acetylenes is 1. The zero-order valence-electron chi connectivity index (χ0n) is 11.8. The molecule has 3 rings (SSSR count). The van der Waals surface area contributed by atoms with Gasteiger partial charge in [0.25, 0.3) is 5.56 Å². The molecule has 0 aromatic carbocycles. The van der Waals surface area contributed by atoms with E-state index in [1.165, 1.54) is 10.6 Å². The molecule has 0 bridgehead atoms. The molecule has 22 heavy (non-hydrogen) atoms. The van der Waals surface area contributed by atoms with Gasteiger partial charge in [0.1, 0.15) is 6.10 Å². The zero-order chi connectivity index (χ0) is 15.5. The Morgan fingerprint density at radius 2 is 2.36 bits per heavy atom. The number of nitrogens with zero attached hydrogens (tertiary/aromatic N) is 3. The Bertz CT molecular complexity index is 825. The van der Waals surface area contributed by atoms with Crippen molar-refractivity contribution < 1.29 is 4.74 Å². The van der Waals surface area contributed by atoms with Crippen LogP contribution in [-0.4, -0.2) is 14.5 Å². The van der Waals surface area contributed by atoms with Gasteiger partial charge in [0.05, 0.1) is 18.5 Å². The molecule has 0 saturated carbocycles. The third-order valence-electron chi connectivity index (χ3n) is 3.39. The van der Waals surface area contributed by atoms with Crippen LogP contribution < -0.4 is 11.3 Å². The van der Waals surface area contributed by atoms with Crippen LogP contribution in [0.15, 0.2) is 41.7 Å². The van der Waals surface area contributed by atoms with Gasteiger partial charge in [0.2, 0.25) is 5.95 Å². The number of pyridine rings is 1. The van der Waals surface area contributed by atoms with E-state index in [1.807, 2.05) is 6.08 Å². The lowest BCUT2D eigenvalue weighted by molar-refractivity contribution is 0.169. The van der Waals surface area contributed by atoms with Crippen LogP contribution in [0.25, 0.3) is 11.1 Å². The number of ether oxygens (including phenoxy) is 1. The van der Waals surface area contributed by atoms with E-state index in [4.69, 9.17) is 16.9 Å². The number of nitrogen functional groups attached to an aromatic ring is 1. The summed E-state index contributed by atoms with van der Waals surface area (Å²) in [7, 11) is 0. The molecule has 0 saturated heterocycles. The van der Waals surface area contributed by atoms with E-state index < -0.39 is 0 Å². The number of anilines is 1. The Morgan fingerprint density at radius 3 is 3.09 bits per heavy atom. The number of aromatic nitrogens is 3. The molecule has 1 aliphatic rings. The predicted molar refractivity (Wildman–Crippen MR) is 82.6 cm³/mol. The summed E-state index contributed by atoms with van der Waals surface area (Å²) in [5.41, 5.74) is 7.80. The standard InChI is InChI=1S/C16H14N4O2/c1-2-7-20-10-11(5-6-14(20)21)12-9-18-16(17)19-15(12)13-4-3-8-22-13/h1,3,5-6,8-10,13H,4,7H2,(H2,17,18,19). The van der Waals surface area contributed by atoms with Crippen molar-refractivity contribution >= 4 is 5.95 Å². The lowest BCUT2D eigenvalue weighted by Crippen LogP contribution is -2.18. The molecule has 0 radical (unpaired) electrons. The van der Waals surface area contributed by atoms with Gasteiger partial charge in [-0.2, -0.15) is 0 Å². The summed E-state index contributed by atoms with van der Waals surface area (Å²) in [6.07, 6.45) is 12.7. The molecule has 2 aromatic rings. The van der Waals surface area contributed by atoms with Crippen molar-refractivity contribution in [3.05, 3.63) is 52.9 Å². The highest BCUT2D eigenvalue weighted by Crippen LogP contribution is 2.32. The third-order valence-corrected chi connectivity index (χ3v) is 3.39. The molecule has 1 atom stereocenters. The van der Waals surface area contributed by atoms with Crippen LogP contribution >= 0.6 is 0 Å². The van der Waals surface area contributed by atoms with Crippen molar-refractivity contribution in [3.8, 4) is 23.5 Å². The molecule has 0 aliphatic carbocycles. The molecule has 2 aromatic heterocycles. The predicted octanol–water partition coefficient (Wildman–Crippen LogP) is 1.50. The first-order chi connectivity index (χ1) is 10.7. The number of rotatable bonds is 3. The van der Waals surface area contributed by atoms with Crippen molar-refractivity contribution in [1.29, 1.82) is 0 Å². The summed E-state index contributed by atoms with van der Waals surface area (Å²) in [6, 6.07) is 3.19. The largest absolute Gasteiger partial charge is 0.492 e. The Balaban J connectivity index is 2.10. The number of hydrogen-bond acceptors (Lipinski definition) is 5. The molecule has 1 unspecified atom stereocenters. The monoisotopic (exact) mass is 294 g/mol. The summed E-state index contributed by atoms with van der Waals surface area (Å²) >= 11 is 0. The SMILES string of the molecule is C#CCn1cc(-c2cnc(N)nc2C2CC=CO2)ccc1=O. The molecular weight excluding hydrogens is 280 g/mol. The van der Waals surface area contributed by atoms with Crippen LogP contribution in [-0.2, 0) is 11.3 Å². The maximum absolute atomic E-state index is 11.8. The summed E-state index contributed by atoms with van der Waals surface area (Å²) in [4.78, 5) is 20.1. The van der Waals surface area contributed by atoms with Gasteiger partial charge in [-0.25, -0.2) is 9.97 Å². The first kappa shape index (κ1) is 13.9. The Morgan fingerprint density at radius 1 is 1.50 bits per heavy atom. The molecule has 3 heterocycles. The van der Waals surface area contributed by atoms with Crippen molar-refractivity contribution in [2.75, 3.05) is 5.73 Å². The van der Waals surface area contributed by atoms with Gasteiger partial charge < -0.3 is 15.0 Å². The summed E-state index contributed by atoms with van der Waals surface area (Å²) in [6.45, 7) is 0.208. The maximum Gasteiger partial charge on any atom is 0.251 e. The maximum atomic E-state index is 11.8. The van der Waals surface area contributed by atoms with Gasteiger partial charge in [-0.1, -0.05) is 5.92 Å². The van der Waals surface area contributed by atoms with E-state index >= 15 is 0 Å². The van der Waals surface area contributed by atoms with Gasteiger partial charge in [-0.3, -0.25) is 4.79 Å². The highest BCUT2D eigenvalue weighted by atomic mass is 16.5. The fraction of sp³-hybridized carbons (Fsp3) is 0.188. The van der Waals surface area contributed by atoms with Gasteiger partial charge in [0.15, 0.2) is 0 Å². The van der Waals surface area contributed by atoms with Crippen LogP contribution in [0.1, 0.15) is 18.2 Å². The lowest BCUT2D eigenvalue weighted by atomic mass is 10.0. The minimum Gasteiger partial charge on any atom is -0.492 e. The molecule has 6 heteroatoms. The molecule has 110 valence electrons.